The van der Waals surface area contributed by atoms with E-state index in [1.54, 1.807) is 7.11 Å². The van der Waals surface area contributed by atoms with Gasteiger partial charge in [-0.2, -0.15) is 0 Å². The quantitative estimate of drug-likeness (QED) is 0.818. The summed E-state index contributed by atoms with van der Waals surface area (Å²) in [6, 6.07) is 0. The maximum atomic E-state index is 6.09. The van der Waals surface area contributed by atoms with Crippen LogP contribution in [0.25, 0.3) is 0 Å². The molecule has 2 atom stereocenters. The summed E-state index contributed by atoms with van der Waals surface area (Å²) < 4.78 is 11.8. The number of ether oxygens (including phenoxy) is 2. The third-order valence-corrected chi connectivity index (χ3v) is 4.49. The van der Waals surface area contributed by atoms with Crippen molar-refractivity contribution in [3.63, 3.8) is 0 Å². The second-order valence-corrected chi connectivity index (χ2v) is 5.92. The van der Waals surface area contributed by atoms with Crippen LogP contribution >= 0.6 is 0 Å². The van der Waals surface area contributed by atoms with Gasteiger partial charge in [-0.1, -0.05) is 6.42 Å². The molecule has 3 aliphatic heterocycles. The molecule has 0 aromatic rings. The van der Waals surface area contributed by atoms with Crippen LogP contribution in [0.15, 0.2) is 5.16 Å². The summed E-state index contributed by atoms with van der Waals surface area (Å²) in [6.45, 7) is 5.46. The zero-order chi connectivity index (χ0) is 13.8. The average molecular weight is 283 g/mol. The highest BCUT2D eigenvalue weighted by Crippen LogP contribution is 2.25. The number of hydrogen-bond donors (Lipinski definition) is 1. The predicted octanol–water partition coefficient (Wildman–Crippen LogP) is 0.580. The third kappa shape index (κ3) is 2.92. The molecule has 0 bridgehead atoms. The molecule has 2 fully saturated rings. The van der Waals surface area contributed by atoms with E-state index in [-0.39, 0.29) is 6.10 Å². The molecule has 114 valence electrons. The lowest BCUT2D eigenvalue weighted by Crippen LogP contribution is -2.50. The maximum Gasteiger partial charge on any atom is 0.260 e. The highest BCUT2D eigenvalue weighted by atomic mass is 16.7. The van der Waals surface area contributed by atoms with Crippen LogP contribution in [0.5, 0.6) is 0 Å². The van der Waals surface area contributed by atoms with Gasteiger partial charge in [0, 0.05) is 20.2 Å². The number of methoxy groups -OCH3 is 1. The lowest BCUT2D eigenvalue weighted by molar-refractivity contribution is -0.0432. The Kier molecular flexibility index (Phi) is 4.43. The van der Waals surface area contributed by atoms with Crippen LogP contribution in [-0.4, -0.2) is 68.9 Å². The van der Waals surface area contributed by atoms with E-state index in [0.717, 1.165) is 26.1 Å². The molecule has 2 saturated heterocycles. The summed E-state index contributed by atoms with van der Waals surface area (Å²) in [4.78, 5) is 7.87. The van der Waals surface area contributed by atoms with Crippen molar-refractivity contribution in [2.24, 2.45) is 5.16 Å². The molecule has 0 spiro atoms. The van der Waals surface area contributed by atoms with Gasteiger partial charge in [-0.05, 0) is 44.1 Å². The summed E-state index contributed by atoms with van der Waals surface area (Å²) in [6.07, 6.45) is 4.88. The first-order valence-corrected chi connectivity index (χ1v) is 7.68. The molecule has 3 heterocycles. The van der Waals surface area contributed by atoms with Crippen LogP contribution in [0.2, 0.25) is 0 Å². The lowest BCUT2D eigenvalue weighted by atomic mass is 10.0. The minimum absolute atomic E-state index is 0.0632. The Morgan fingerprint density at radius 2 is 2.25 bits per heavy atom. The number of hydrogen-bond acceptors (Lipinski definition) is 6. The first-order chi connectivity index (χ1) is 9.82. The normalized spacial score (nSPS) is 35.2. The molecular formula is C14H25N3O3. The Hall–Kier alpha value is -0.850. The van der Waals surface area contributed by atoms with Gasteiger partial charge in [0.05, 0.1) is 0 Å². The Labute approximate surface area is 120 Å². The molecule has 0 aromatic carbocycles. The van der Waals surface area contributed by atoms with Crippen molar-refractivity contribution in [1.29, 1.82) is 0 Å². The lowest BCUT2D eigenvalue weighted by Gasteiger charge is -2.35. The second-order valence-electron chi connectivity index (χ2n) is 5.92. The fraction of sp³-hybridized carbons (Fsp3) is 0.929. The summed E-state index contributed by atoms with van der Waals surface area (Å²) >= 11 is 0. The van der Waals surface area contributed by atoms with Crippen molar-refractivity contribution < 1.29 is 14.3 Å². The summed E-state index contributed by atoms with van der Waals surface area (Å²) in [5.74, 6) is 0.609. The summed E-state index contributed by atoms with van der Waals surface area (Å²) in [5, 5.41) is 7.41. The van der Waals surface area contributed by atoms with Gasteiger partial charge in [-0.15, -0.1) is 0 Å². The number of nitrogens with one attached hydrogen (secondary N) is 1. The molecular weight excluding hydrogens is 258 g/mol. The number of oxime groups is 1. The molecule has 6 heteroatoms. The van der Waals surface area contributed by atoms with E-state index in [1.807, 2.05) is 0 Å². The van der Waals surface area contributed by atoms with Crippen molar-refractivity contribution in [2.45, 2.75) is 37.4 Å². The van der Waals surface area contributed by atoms with Crippen molar-refractivity contribution in [3.8, 4) is 0 Å². The Balaban J connectivity index is 1.59. The summed E-state index contributed by atoms with van der Waals surface area (Å²) in [5.41, 5.74) is -0.444. The Morgan fingerprint density at radius 3 is 2.95 bits per heavy atom. The zero-order valence-electron chi connectivity index (χ0n) is 12.3. The van der Waals surface area contributed by atoms with Crippen molar-refractivity contribution in [2.75, 3.05) is 46.4 Å². The number of likely N-dealkylation sites (tertiary alicyclic amines) is 1. The molecule has 3 rings (SSSR count). The smallest absolute Gasteiger partial charge is 0.260 e. The molecule has 6 nitrogen and oxygen atoms in total. The van der Waals surface area contributed by atoms with Gasteiger partial charge in [-0.25, -0.2) is 0 Å². The van der Waals surface area contributed by atoms with E-state index in [9.17, 15) is 0 Å². The monoisotopic (exact) mass is 283 g/mol. The minimum Gasteiger partial charge on any atom is -0.468 e. The van der Waals surface area contributed by atoms with Crippen molar-refractivity contribution in [1.82, 2.24) is 10.2 Å². The molecule has 0 aliphatic carbocycles. The van der Waals surface area contributed by atoms with E-state index in [0.29, 0.717) is 12.5 Å². The SMILES string of the molecule is COC1(C2=NOCC(CN3CCCCC3)O2)CCNC1. The fourth-order valence-corrected chi connectivity index (χ4v) is 3.22. The number of piperidine rings is 1. The van der Waals surface area contributed by atoms with Gasteiger partial charge in [0.2, 0.25) is 0 Å². The first kappa shape index (κ1) is 14.1. The topological polar surface area (TPSA) is 55.3 Å². The maximum absolute atomic E-state index is 6.09. The van der Waals surface area contributed by atoms with Gasteiger partial charge in [0.15, 0.2) is 12.2 Å². The van der Waals surface area contributed by atoms with E-state index in [2.05, 4.69) is 15.4 Å². The number of nitrogens with zero attached hydrogens (tertiary/aromatic N) is 2. The molecule has 0 radical (unpaired) electrons. The van der Waals surface area contributed by atoms with Crippen molar-refractivity contribution >= 4 is 5.90 Å². The van der Waals surface area contributed by atoms with E-state index < -0.39 is 5.60 Å². The van der Waals surface area contributed by atoms with Crippen LogP contribution in [0.4, 0.5) is 0 Å². The van der Waals surface area contributed by atoms with E-state index in [1.165, 1.54) is 32.4 Å². The van der Waals surface area contributed by atoms with Crippen molar-refractivity contribution in [3.05, 3.63) is 0 Å². The predicted molar refractivity (Wildman–Crippen MR) is 75.8 cm³/mol. The molecule has 0 amide bonds. The molecule has 0 aromatic heterocycles. The van der Waals surface area contributed by atoms with E-state index >= 15 is 0 Å². The second kappa shape index (κ2) is 6.28. The fourth-order valence-electron chi connectivity index (χ4n) is 3.22. The van der Waals surface area contributed by atoms with Gasteiger partial charge in [0.1, 0.15) is 6.10 Å². The standard InChI is InChI=1S/C14H25N3O3/c1-18-14(5-6-15-11-14)13-16-19-10-12(20-13)9-17-7-3-2-4-8-17/h12,15H,2-11H2,1H3. The minimum atomic E-state index is -0.444. The van der Waals surface area contributed by atoms with Crippen LogP contribution in [-0.2, 0) is 14.3 Å². The van der Waals surface area contributed by atoms with Gasteiger partial charge in [-0.3, -0.25) is 4.90 Å². The Bertz CT molecular complexity index is 350. The average Bonchev–Trinajstić information content (AvgIpc) is 2.99. The molecule has 2 unspecified atom stereocenters. The number of rotatable bonds is 4. The highest BCUT2D eigenvalue weighted by Gasteiger charge is 2.44. The summed E-state index contributed by atoms with van der Waals surface area (Å²) in [7, 11) is 1.72. The van der Waals surface area contributed by atoms with Crippen LogP contribution in [0, 0.1) is 0 Å². The van der Waals surface area contributed by atoms with Crippen LogP contribution in [0.1, 0.15) is 25.7 Å². The first-order valence-electron chi connectivity index (χ1n) is 7.68. The highest BCUT2D eigenvalue weighted by molar-refractivity contribution is 5.86. The largest absolute Gasteiger partial charge is 0.468 e. The third-order valence-electron chi connectivity index (χ3n) is 4.49. The van der Waals surface area contributed by atoms with E-state index in [4.69, 9.17) is 14.3 Å². The van der Waals surface area contributed by atoms with Gasteiger partial charge >= 0.3 is 0 Å². The zero-order valence-corrected chi connectivity index (χ0v) is 12.3. The van der Waals surface area contributed by atoms with Crippen LogP contribution < -0.4 is 5.32 Å². The molecule has 3 aliphatic rings. The molecule has 0 saturated carbocycles. The Morgan fingerprint density at radius 1 is 1.40 bits per heavy atom. The van der Waals surface area contributed by atoms with Gasteiger partial charge in [0.25, 0.3) is 5.90 Å². The van der Waals surface area contributed by atoms with Crippen LogP contribution in [0.3, 0.4) is 0 Å². The molecule has 1 N–H and O–H groups in total. The van der Waals surface area contributed by atoms with Gasteiger partial charge < -0.3 is 19.6 Å². The molecule has 20 heavy (non-hydrogen) atoms.